The fourth-order valence-electron chi connectivity index (χ4n) is 2.16. The van der Waals surface area contributed by atoms with Gasteiger partial charge in [0.25, 0.3) is 0 Å². The topological polar surface area (TPSA) is 69.6 Å². The summed E-state index contributed by atoms with van der Waals surface area (Å²) in [6.07, 6.45) is -0.119. The van der Waals surface area contributed by atoms with Gasteiger partial charge in [0.05, 0.1) is 25.2 Å². The Balaban J connectivity index is 2.50. The van der Waals surface area contributed by atoms with E-state index in [0.717, 1.165) is 5.56 Å². The first kappa shape index (κ1) is 16.7. The van der Waals surface area contributed by atoms with Crippen molar-refractivity contribution >= 4 is 5.91 Å². The van der Waals surface area contributed by atoms with Crippen molar-refractivity contribution in [3.05, 3.63) is 35.9 Å². The van der Waals surface area contributed by atoms with Gasteiger partial charge in [0.15, 0.2) is 0 Å². The number of amides is 1. The lowest BCUT2D eigenvalue weighted by molar-refractivity contribution is -0.124. The van der Waals surface area contributed by atoms with Crippen molar-refractivity contribution in [1.82, 2.24) is 5.32 Å². The maximum absolute atomic E-state index is 11.9. The molecule has 1 amide bonds. The van der Waals surface area contributed by atoms with E-state index < -0.39 is 6.10 Å². The molecule has 0 saturated heterocycles. The molecule has 2 unspecified atom stereocenters. The highest BCUT2D eigenvalue weighted by molar-refractivity contribution is 5.77. The number of carbonyl (C=O) groups is 1. The van der Waals surface area contributed by atoms with Crippen LogP contribution in [0, 0.1) is 5.41 Å². The predicted octanol–water partition coefficient (Wildman–Crippen LogP) is 2.02. The van der Waals surface area contributed by atoms with Gasteiger partial charge in [0, 0.05) is 0 Å². The molecule has 0 aliphatic carbocycles. The highest BCUT2D eigenvalue weighted by atomic mass is 16.3. The molecule has 1 aromatic carbocycles. The molecule has 20 heavy (non-hydrogen) atoms. The van der Waals surface area contributed by atoms with Gasteiger partial charge in [-0.25, -0.2) is 0 Å². The highest BCUT2D eigenvalue weighted by Crippen LogP contribution is 2.21. The van der Waals surface area contributed by atoms with Gasteiger partial charge in [-0.3, -0.25) is 4.79 Å². The second kappa shape index (κ2) is 7.41. The van der Waals surface area contributed by atoms with Gasteiger partial charge in [-0.2, -0.15) is 0 Å². The molecule has 0 bridgehead atoms. The first-order valence-electron chi connectivity index (χ1n) is 6.95. The van der Waals surface area contributed by atoms with Crippen LogP contribution in [0.2, 0.25) is 0 Å². The standard InChI is InChI=1S/C16H25NO3/c1-16(2,3)10-13(11-18)17-15(20)9-14(19)12-7-5-4-6-8-12/h4-8,13-14,18-19H,9-11H2,1-3H3,(H,17,20). The van der Waals surface area contributed by atoms with E-state index in [1.807, 2.05) is 18.2 Å². The van der Waals surface area contributed by atoms with Crippen molar-refractivity contribution in [2.45, 2.75) is 45.8 Å². The van der Waals surface area contributed by atoms with Crippen LogP contribution in [0.5, 0.6) is 0 Å². The average Bonchev–Trinajstić information content (AvgIpc) is 2.37. The second-order valence-electron chi connectivity index (χ2n) is 6.34. The quantitative estimate of drug-likeness (QED) is 0.746. The predicted molar refractivity (Wildman–Crippen MR) is 79.1 cm³/mol. The van der Waals surface area contributed by atoms with Gasteiger partial charge in [-0.15, -0.1) is 0 Å². The van der Waals surface area contributed by atoms with Crippen LogP contribution in [0.3, 0.4) is 0 Å². The summed E-state index contributed by atoms with van der Waals surface area (Å²) < 4.78 is 0. The first-order chi connectivity index (χ1) is 9.31. The largest absolute Gasteiger partial charge is 0.394 e. The van der Waals surface area contributed by atoms with Gasteiger partial charge in [-0.1, -0.05) is 51.1 Å². The molecule has 4 heteroatoms. The number of hydrogen-bond acceptors (Lipinski definition) is 3. The van der Waals surface area contributed by atoms with Crippen LogP contribution in [0.4, 0.5) is 0 Å². The van der Waals surface area contributed by atoms with Crippen LogP contribution in [0.1, 0.15) is 45.3 Å². The van der Waals surface area contributed by atoms with E-state index in [4.69, 9.17) is 0 Å². The molecule has 0 spiro atoms. The Kier molecular flexibility index (Phi) is 6.17. The maximum Gasteiger partial charge on any atom is 0.223 e. The number of carbonyl (C=O) groups excluding carboxylic acids is 1. The Bertz CT molecular complexity index is 411. The van der Waals surface area contributed by atoms with Crippen molar-refractivity contribution in [3.8, 4) is 0 Å². The maximum atomic E-state index is 11.9. The Morgan fingerprint density at radius 3 is 2.35 bits per heavy atom. The lowest BCUT2D eigenvalue weighted by atomic mass is 9.88. The van der Waals surface area contributed by atoms with Crippen LogP contribution in [-0.4, -0.2) is 28.8 Å². The van der Waals surface area contributed by atoms with E-state index in [9.17, 15) is 15.0 Å². The third kappa shape index (κ3) is 6.17. The Labute approximate surface area is 120 Å². The average molecular weight is 279 g/mol. The zero-order valence-corrected chi connectivity index (χ0v) is 12.5. The SMILES string of the molecule is CC(C)(C)CC(CO)NC(=O)CC(O)c1ccccc1. The van der Waals surface area contributed by atoms with Crippen LogP contribution in [0.25, 0.3) is 0 Å². The first-order valence-corrected chi connectivity index (χ1v) is 6.95. The summed E-state index contributed by atoms with van der Waals surface area (Å²) in [5, 5.41) is 22.1. The van der Waals surface area contributed by atoms with E-state index in [-0.39, 0.29) is 30.4 Å². The Morgan fingerprint density at radius 2 is 1.85 bits per heavy atom. The van der Waals surface area contributed by atoms with Crippen LogP contribution in [-0.2, 0) is 4.79 Å². The summed E-state index contributed by atoms with van der Waals surface area (Å²) in [5.74, 6) is -0.246. The third-order valence-corrected chi connectivity index (χ3v) is 3.01. The van der Waals surface area contributed by atoms with E-state index in [2.05, 4.69) is 26.1 Å². The minimum Gasteiger partial charge on any atom is -0.394 e. The molecule has 0 radical (unpaired) electrons. The minimum absolute atomic E-state index is 0.00462. The summed E-state index contributed by atoms with van der Waals surface area (Å²) in [4.78, 5) is 11.9. The molecule has 2 atom stereocenters. The minimum atomic E-state index is -0.815. The smallest absolute Gasteiger partial charge is 0.223 e. The van der Waals surface area contributed by atoms with Gasteiger partial charge < -0.3 is 15.5 Å². The molecule has 0 aromatic heterocycles. The summed E-state index contributed by atoms with van der Waals surface area (Å²) in [6.45, 7) is 6.08. The van der Waals surface area contributed by atoms with Gasteiger partial charge in [0.2, 0.25) is 5.91 Å². The molecule has 4 nitrogen and oxygen atoms in total. The molecule has 3 N–H and O–H groups in total. The summed E-state index contributed by atoms with van der Waals surface area (Å²) in [7, 11) is 0. The van der Waals surface area contributed by atoms with Crippen molar-refractivity contribution < 1.29 is 15.0 Å². The van der Waals surface area contributed by atoms with Crippen molar-refractivity contribution in [2.24, 2.45) is 5.41 Å². The molecule has 1 rings (SSSR count). The lowest BCUT2D eigenvalue weighted by Crippen LogP contribution is -2.40. The molecule has 0 aliphatic rings. The monoisotopic (exact) mass is 279 g/mol. The van der Waals surface area contributed by atoms with Crippen molar-refractivity contribution in [2.75, 3.05) is 6.61 Å². The molecule has 1 aromatic rings. The number of benzene rings is 1. The van der Waals surface area contributed by atoms with Crippen molar-refractivity contribution in [3.63, 3.8) is 0 Å². The molecule has 0 heterocycles. The highest BCUT2D eigenvalue weighted by Gasteiger charge is 2.21. The fraction of sp³-hybridized carbons (Fsp3) is 0.562. The van der Waals surface area contributed by atoms with E-state index in [0.29, 0.717) is 6.42 Å². The number of rotatable bonds is 6. The normalized spacial score (nSPS) is 14.7. The number of nitrogens with one attached hydrogen (secondary N) is 1. The molecular formula is C16H25NO3. The van der Waals surface area contributed by atoms with E-state index in [1.165, 1.54) is 0 Å². The summed E-state index contributed by atoms with van der Waals surface area (Å²) >= 11 is 0. The summed E-state index contributed by atoms with van der Waals surface area (Å²) in [6, 6.07) is 8.82. The Morgan fingerprint density at radius 1 is 1.25 bits per heavy atom. The zero-order chi connectivity index (χ0) is 15.2. The van der Waals surface area contributed by atoms with Crippen LogP contribution in [0.15, 0.2) is 30.3 Å². The number of hydrogen-bond donors (Lipinski definition) is 3. The second-order valence-corrected chi connectivity index (χ2v) is 6.34. The molecular weight excluding hydrogens is 254 g/mol. The van der Waals surface area contributed by atoms with E-state index >= 15 is 0 Å². The number of aliphatic hydroxyl groups excluding tert-OH is 2. The van der Waals surface area contributed by atoms with Gasteiger partial charge >= 0.3 is 0 Å². The van der Waals surface area contributed by atoms with Crippen molar-refractivity contribution in [1.29, 1.82) is 0 Å². The molecule has 112 valence electrons. The van der Waals surface area contributed by atoms with Gasteiger partial charge in [-0.05, 0) is 17.4 Å². The summed E-state index contributed by atoms with van der Waals surface area (Å²) in [5.41, 5.74) is 0.748. The van der Waals surface area contributed by atoms with E-state index in [1.54, 1.807) is 12.1 Å². The van der Waals surface area contributed by atoms with Crippen LogP contribution >= 0.6 is 0 Å². The fourth-order valence-corrected chi connectivity index (χ4v) is 2.16. The Hall–Kier alpha value is -1.39. The van der Waals surface area contributed by atoms with Crippen LogP contribution < -0.4 is 5.32 Å². The number of aliphatic hydroxyl groups is 2. The zero-order valence-electron chi connectivity index (χ0n) is 12.5. The third-order valence-electron chi connectivity index (χ3n) is 3.01. The lowest BCUT2D eigenvalue weighted by Gasteiger charge is -2.25. The molecule has 0 saturated carbocycles. The molecule has 0 aliphatic heterocycles. The molecule has 0 fully saturated rings. The van der Waals surface area contributed by atoms with Gasteiger partial charge in [0.1, 0.15) is 0 Å².